The van der Waals surface area contributed by atoms with E-state index in [0.29, 0.717) is 30.3 Å². The van der Waals surface area contributed by atoms with Crippen molar-refractivity contribution >= 4 is 11.7 Å². The van der Waals surface area contributed by atoms with E-state index in [1.165, 1.54) is 12.8 Å². The molecule has 1 fully saturated rings. The van der Waals surface area contributed by atoms with Crippen LogP contribution in [0.4, 0.5) is 5.82 Å². The van der Waals surface area contributed by atoms with Gasteiger partial charge in [0.1, 0.15) is 11.6 Å². The zero-order valence-corrected chi connectivity index (χ0v) is 17.1. The third kappa shape index (κ3) is 5.14. The lowest BCUT2D eigenvalue weighted by Gasteiger charge is -2.13. The first-order valence-corrected chi connectivity index (χ1v) is 10.3. The second-order valence-corrected chi connectivity index (χ2v) is 7.47. The molecule has 0 saturated heterocycles. The van der Waals surface area contributed by atoms with E-state index in [1.54, 1.807) is 13.3 Å². The minimum atomic E-state index is -0.127. The molecule has 0 unspecified atom stereocenters. The number of nitrogens with one attached hydrogen (secondary N) is 2. The molecular weight excluding hydrogens is 376 g/mol. The number of amides is 1. The van der Waals surface area contributed by atoms with Crippen molar-refractivity contribution in [2.45, 2.75) is 19.3 Å². The van der Waals surface area contributed by atoms with Crippen LogP contribution in [0.15, 0.2) is 60.8 Å². The van der Waals surface area contributed by atoms with Crippen LogP contribution in [0.1, 0.15) is 28.9 Å². The minimum Gasteiger partial charge on any atom is -0.497 e. The number of carbonyl (C=O) groups is 1. The van der Waals surface area contributed by atoms with Gasteiger partial charge < -0.3 is 15.4 Å². The van der Waals surface area contributed by atoms with Crippen LogP contribution < -0.4 is 15.4 Å². The smallest absolute Gasteiger partial charge is 0.255 e. The van der Waals surface area contributed by atoms with Gasteiger partial charge in [-0.2, -0.15) is 0 Å². The second-order valence-electron chi connectivity index (χ2n) is 7.47. The van der Waals surface area contributed by atoms with Crippen molar-refractivity contribution in [3.63, 3.8) is 0 Å². The van der Waals surface area contributed by atoms with Crippen molar-refractivity contribution in [3.05, 3.63) is 72.1 Å². The van der Waals surface area contributed by atoms with Gasteiger partial charge in [-0.3, -0.25) is 9.78 Å². The summed E-state index contributed by atoms with van der Waals surface area (Å²) < 4.78 is 5.23. The summed E-state index contributed by atoms with van der Waals surface area (Å²) >= 11 is 0. The van der Waals surface area contributed by atoms with Gasteiger partial charge in [0.15, 0.2) is 0 Å². The van der Waals surface area contributed by atoms with E-state index < -0.39 is 0 Å². The molecule has 1 saturated carbocycles. The molecule has 0 aliphatic heterocycles. The number of anilines is 1. The van der Waals surface area contributed by atoms with E-state index in [9.17, 15) is 4.79 Å². The first kappa shape index (κ1) is 19.9. The topological polar surface area (TPSA) is 76.1 Å². The van der Waals surface area contributed by atoms with Crippen molar-refractivity contribution in [1.82, 2.24) is 15.3 Å². The molecule has 6 nitrogen and oxygen atoms in total. The lowest BCUT2D eigenvalue weighted by atomic mass is 10.1. The third-order valence-corrected chi connectivity index (χ3v) is 5.17. The largest absolute Gasteiger partial charge is 0.497 e. The molecule has 2 N–H and O–H groups in total. The molecule has 154 valence electrons. The van der Waals surface area contributed by atoms with Crippen LogP contribution in [0.5, 0.6) is 5.75 Å². The van der Waals surface area contributed by atoms with Crippen LogP contribution in [-0.2, 0) is 6.42 Å². The van der Waals surface area contributed by atoms with Crippen molar-refractivity contribution in [3.8, 4) is 17.0 Å². The standard InChI is InChI=1S/C24H26N4O2/c1-30-20-9-7-18(8-10-20)22-12-11-21(23(28-22)27-16-17-5-6-17)24(29)26-15-13-19-4-2-3-14-25-19/h2-4,7-12,14,17H,5-6,13,15-16H2,1H3,(H,26,29)(H,27,28). The first-order valence-electron chi connectivity index (χ1n) is 10.3. The van der Waals surface area contributed by atoms with Gasteiger partial charge in [0.05, 0.1) is 18.4 Å². The molecule has 3 aromatic rings. The summed E-state index contributed by atoms with van der Waals surface area (Å²) in [5.74, 6) is 1.98. The number of hydrogen-bond donors (Lipinski definition) is 2. The SMILES string of the molecule is COc1ccc(-c2ccc(C(=O)NCCc3ccccn3)c(NCC3CC3)n2)cc1. The number of benzene rings is 1. The van der Waals surface area contributed by atoms with Crippen LogP contribution in [0.3, 0.4) is 0 Å². The quantitative estimate of drug-likeness (QED) is 0.567. The van der Waals surface area contributed by atoms with Crippen LogP contribution in [0.25, 0.3) is 11.3 Å². The lowest BCUT2D eigenvalue weighted by Crippen LogP contribution is -2.27. The number of pyridine rings is 2. The van der Waals surface area contributed by atoms with E-state index in [2.05, 4.69) is 15.6 Å². The number of rotatable bonds is 9. The monoisotopic (exact) mass is 402 g/mol. The number of ether oxygens (including phenoxy) is 1. The molecule has 4 rings (SSSR count). The molecule has 1 amide bonds. The van der Waals surface area contributed by atoms with Gasteiger partial charge in [0, 0.05) is 37.0 Å². The van der Waals surface area contributed by atoms with Gasteiger partial charge in [-0.05, 0) is 67.3 Å². The van der Waals surface area contributed by atoms with Gasteiger partial charge >= 0.3 is 0 Å². The molecule has 2 aromatic heterocycles. The Labute approximate surface area is 176 Å². The molecule has 30 heavy (non-hydrogen) atoms. The summed E-state index contributed by atoms with van der Waals surface area (Å²) in [6, 6.07) is 17.3. The highest BCUT2D eigenvalue weighted by Gasteiger charge is 2.22. The minimum absolute atomic E-state index is 0.127. The van der Waals surface area contributed by atoms with Crippen molar-refractivity contribution in [2.24, 2.45) is 5.92 Å². The van der Waals surface area contributed by atoms with Crippen LogP contribution in [0, 0.1) is 5.92 Å². The first-order chi connectivity index (χ1) is 14.7. The Hall–Kier alpha value is -3.41. The molecular formula is C24H26N4O2. The van der Waals surface area contributed by atoms with Crippen LogP contribution >= 0.6 is 0 Å². The van der Waals surface area contributed by atoms with E-state index in [4.69, 9.17) is 9.72 Å². The summed E-state index contributed by atoms with van der Waals surface area (Å²) in [7, 11) is 1.65. The Balaban J connectivity index is 1.49. The van der Waals surface area contributed by atoms with Gasteiger partial charge in [0.25, 0.3) is 5.91 Å². The van der Waals surface area contributed by atoms with Gasteiger partial charge in [0.2, 0.25) is 0 Å². The molecule has 1 aliphatic rings. The Morgan fingerprint density at radius 2 is 1.93 bits per heavy atom. The molecule has 0 bridgehead atoms. The van der Waals surface area contributed by atoms with E-state index in [0.717, 1.165) is 29.2 Å². The molecule has 2 heterocycles. The fourth-order valence-corrected chi connectivity index (χ4v) is 3.21. The Morgan fingerprint density at radius 3 is 2.63 bits per heavy atom. The Morgan fingerprint density at radius 1 is 1.10 bits per heavy atom. The van der Waals surface area contributed by atoms with Crippen molar-refractivity contribution < 1.29 is 9.53 Å². The molecule has 0 spiro atoms. The highest BCUT2D eigenvalue weighted by Crippen LogP contribution is 2.30. The summed E-state index contributed by atoms with van der Waals surface area (Å²) in [6.07, 6.45) is 4.92. The second kappa shape index (κ2) is 9.39. The fourth-order valence-electron chi connectivity index (χ4n) is 3.21. The Kier molecular flexibility index (Phi) is 6.23. The molecule has 0 radical (unpaired) electrons. The number of aromatic nitrogens is 2. The maximum atomic E-state index is 12.8. The number of nitrogens with zero attached hydrogens (tertiary/aromatic N) is 2. The number of carbonyl (C=O) groups excluding carboxylic acids is 1. The average molecular weight is 402 g/mol. The normalized spacial score (nSPS) is 13.0. The molecule has 1 aliphatic carbocycles. The third-order valence-electron chi connectivity index (χ3n) is 5.17. The lowest BCUT2D eigenvalue weighted by molar-refractivity contribution is 0.0954. The van der Waals surface area contributed by atoms with E-state index in [-0.39, 0.29) is 5.91 Å². The van der Waals surface area contributed by atoms with Gasteiger partial charge in [-0.15, -0.1) is 0 Å². The van der Waals surface area contributed by atoms with Gasteiger partial charge in [-0.25, -0.2) is 4.98 Å². The maximum absolute atomic E-state index is 12.8. The van der Waals surface area contributed by atoms with Gasteiger partial charge in [-0.1, -0.05) is 6.07 Å². The van der Waals surface area contributed by atoms with Crippen LogP contribution in [0.2, 0.25) is 0 Å². The summed E-state index contributed by atoms with van der Waals surface area (Å²) in [4.78, 5) is 21.9. The highest BCUT2D eigenvalue weighted by molar-refractivity contribution is 5.99. The predicted octanol–water partition coefficient (Wildman–Crippen LogP) is 3.95. The zero-order chi connectivity index (χ0) is 20.8. The molecule has 1 aromatic carbocycles. The highest BCUT2D eigenvalue weighted by atomic mass is 16.5. The summed E-state index contributed by atoms with van der Waals surface area (Å²) in [6.45, 7) is 1.37. The van der Waals surface area contributed by atoms with Crippen molar-refractivity contribution in [2.75, 3.05) is 25.5 Å². The number of hydrogen-bond acceptors (Lipinski definition) is 5. The molecule has 0 atom stereocenters. The zero-order valence-electron chi connectivity index (χ0n) is 17.1. The summed E-state index contributed by atoms with van der Waals surface area (Å²) in [5.41, 5.74) is 3.32. The average Bonchev–Trinajstić information content (AvgIpc) is 3.63. The summed E-state index contributed by atoms with van der Waals surface area (Å²) in [5, 5.41) is 6.38. The number of methoxy groups -OCH3 is 1. The van der Waals surface area contributed by atoms with E-state index >= 15 is 0 Å². The maximum Gasteiger partial charge on any atom is 0.255 e. The van der Waals surface area contributed by atoms with Crippen molar-refractivity contribution in [1.29, 1.82) is 0 Å². The predicted molar refractivity (Wildman–Crippen MR) is 118 cm³/mol. The van der Waals surface area contributed by atoms with Crippen LogP contribution in [-0.4, -0.2) is 36.1 Å². The molecule has 6 heteroatoms. The Bertz CT molecular complexity index is 986. The van der Waals surface area contributed by atoms with E-state index in [1.807, 2.05) is 54.6 Å². The fraction of sp³-hybridized carbons (Fsp3) is 0.292.